The highest BCUT2D eigenvalue weighted by atomic mass is 19.4. The van der Waals surface area contributed by atoms with Gasteiger partial charge in [-0.3, -0.25) is 4.79 Å². The van der Waals surface area contributed by atoms with Crippen molar-refractivity contribution in [1.82, 2.24) is 24.7 Å². The van der Waals surface area contributed by atoms with Crippen LogP contribution in [0.25, 0.3) is 5.52 Å². The maximum absolute atomic E-state index is 12.4. The average molecular weight is 465 g/mol. The summed E-state index contributed by atoms with van der Waals surface area (Å²) in [7, 11) is 3.82. The van der Waals surface area contributed by atoms with Crippen LogP contribution in [0, 0.1) is 0 Å². The molecule has 1 fully saturated rings. The van der Waals surface area contributed by atoms with Gasteiger partial charge in [-0.1, -0.05) is 0 Å². The van der Waals surface area contributed by atoms with E-state index in [4.69, 9.17) is 9.90 Å². The van der Waals surface area contributed by atoms with Crippen LogP contribution in [-0.4, -0.2) is 75.7 Å². The molecule has 0 aromatic carbocycles. The van der Waals surface area contributed by atoms with Gasteiger partial charge in [0.1, 0.15) is 0 Å². The Kier molecular flexibility index (Phi) is 6.99. The van der Waals surface area contributed by atoms with E-state index < -0.39 is 12.1 Å². The van der Waals surface area contributed by atoms with Crippen LogP contribution in [0.4, 0.5) is 24.7 Å². The van der Waals surface area contributed by atoms with E-state index in [2.05, 4.69) is 25.2 Å². The summed E-state index contributed by atoms with van der Waals surface area (Å²) in [6, 6.07) is 4.11. The number of hydrogen-bond acceptors (Lipinski definition) is 7. The quantitative estimate of drug-likeness (QED) is 0.600. The minimum atomic E-state index is -5.08. The molecule has 1 aliphatic heterocycles. The predicted molar refractivity (Wildman–Crippen MR) is 113 cm³/mol. The molecule has 3 aromatic heterocycles. The molecule has 1 aliphatic rings. The average Bonchev–Trinajstić information content (AvgIpc) is 3.43. The smallest absolute Gasteiger partial charge is 0.475 e. The zero-order valence-electron chi connectivity index (χ0n) is 17.8. The van der Waals surface area contributed by atoms with E-state index >= 15 is 0 Å². The molecule has 13 heteroatoms. The highest BCUT2D eigenvalue weighted by Crippen LogP contribution is 2.23. The predicted octanol–water partition coefficient (Wildman–Crippen LogP) is 1.83. The van der Waals surface area contributed by atoms with Gasteiger partial charge in [-0.2, -0.15) is 13.2 Å². The molecule has 176 valence electrons. The number of aliphatic carboxylic acids is 1. The Balaban J connectivity index is 0.000000383. The highest BCUT2D eigenvalue weighted by Gasteiger charge is 2.38. The van der Waals surface area contributed by atoms with E-state index in [0.717, 1.165) is 36.5 Å². The third kappa shape index (κ3) is 5.87. The Morgan fingerprint density at radius 3 is 2.45 bits per heavy atom. The zero-order chi connectivity index (χ0) is 24.2. The van der Waals surface area contributed by atoms with Crippen molar-refractivity contribution in [3.8, 4) is 0 Å². The molecular formula is C20H22F3N7O3. The highest BCUT2D eigenvalue weighted by molar-refractivity contribution is 5.90. The summed E-state index contributed by atoms with van der Waals surface area (Å²) in [5, 5.41) is 10.2. The first-order valence-corrected chi connectivity index (χ1v) is 9.83. The standard InChI is InChI=1S/C18H21N7O.C2HF3O2/c1-23(2)14-10-20-16(21-11-14)18(26)22-13-5-8-25(12-13)17-15-4-3-7-24(15)9-6-19-17;3-2(4,5)1(6)7/h3-4,6-7,9-11,13H,5,8,12H2,1-2H3,(H,22,26);(H,6,7)/t13-;/m0./s1. The molecule has 0 bridgehead atoms. The van der Waals surface area contributed by atoms with Gasteiger partial charge in [0, 0.05) is 51.8 Å². The largest absolute Gasteiger partial charge is 0.490 e. The number of carboxylic acid groups (broad SMARTS) is 1. The van der Waals surface area contributed by atoms with Gasteiger partial charge in [-0.25, -0.2) is 19.7 Å². The molecule has 1 atom stereocenters. The van der Waals surface area contributed by atoms with Crippen molar-refractivity contribution in [2.45, 2.75) is 18.6 Å². The molecule has 0 radical (unpaired) electrons. The summed E-state index contributed by atoms with van der Waals surface area (Å²) in [5.41, 5.74) is 1.93. The molecule has 0 unspecified atom stereocenters. The molecular weight excluding hydrogens is 443 g/mol. The van der Waals surface area contributed by atoms with Gasteiger partial charge in [0.05, 0.1) is 23.6 Å². The number of hydrogen-bond donors (Lipinski definition) is 2. The maximum atomic E-state index is 12.4. The van der Waals surface area contributed by atoms with E-state index in [9.17, 15) is 18.0 Å². The van der Waals surface area contributed by atoms with Crippen LogP contribution >= 0.6 is 0 Å². The van der Waals surface area contributed by atoms with Crippen LogP contribution in [0.2, 0.25) is 0 Å². The lowest BCUT2D eigenvalue weighted by Gasteiger charge is -2.19. The number of nitrogens with one attached hydrogen (secondary N) is 1. The van der Waals surface area contributed by atoms with E-state index in [0.29, 0.717) is 0 Å². The molecule has 0 aliphatic carbocycles. The monoisotopic (exact) mass is 465 g/mol. The number of halogens is 3. The van der Waals surface area contributed by atoms with Crippen molar-refractivity contribution in [2.75, 3.05) is 37.0 Å². The number of carbonyl (C=O) groups is 2. The van der Waals surface area contributed by atoms with E-state index in [-0.39, 0.29) is 17.8 Å². The number of aromatic nitrogens is 4. The number of rotatable bonds is 4. The molecule has 4 rings (SSSR count). The number of nitrogens with zero attached hydrogens (tertiary/aromatic N) is 6. The fourth-order valence-electron chi connectivity index (χ4n) is 3.19. The van der Waals surface area contributed by atoms with Gasteiger partial charge in [0.15, 0.2) is 5.82 Å². The first kappa shape index (κ1) is 23.8. The summed E-state index contributed by atoms with van der Waals surface area (Å²) < 4.78 is 33.8. The lowest BCUT2D eigenvalue weighted by molar-refractivity contribution is -0.192. The Morgan fingerprint density at radius 1 is 1.18 bits per heavy atom. The van der Waals surface area contributed by atoms with E-state index in [1.165, 1.54) is 0 Å². The zero-order valence-corrected chi connectivity index (χ0v) is 17.8. The summed E-state index contributed by atoms with van der Waals surface area (Å²) in [4.78, 5) is 38.2. The molecule has 0 saturated carbocycles. The van der Waals surface area contributed by atoms with E-state index in [1.54, 1.807) is 18.6 Å². The lowest BCUT2D eigenvalue weighted by atomic mass is 10.2. The Labute approximate surface area is 186 Å². The molecule has 10 nitrogen and oxygen atoms in total. The third-order valence-electron chi connectivity index (χ3n) is 4.86. The van der Waals surface area contributed by atoms with Gasteiger partial charge in [-0.15, -0.1) is 0 Å². The second-order valence-corrected chi connectivity index (χ2v) is 7.42. The number of alkyl halides is 3. The number of carboxylic acids is 1. The molecule has 33 heavy (non-hydrogen) atoms. The van der Waals surface area contributed by atoms with Crippen LogP contribution in [0.5, 0.6) is 0 Å². The second kappa shape index (κ2) is 9.71. The fourth-order valence-corrected chi connectivity index (χ4v) is 3.19. The fraction of sp³-hybridized carbons (Fsp3) is 0.350. The summed E-state index contributed by atoms with van der Waals surface area (Å²) in [6.45, 7) is 1.57. The van der Waals surface area contributed by atoms with Gasteiger partial charge in [0.2, 0.25) is 5.82 Å². The van der Waals surface area contributed by atoms with Gasteiger partial charge >= 0.3 is 12.1 Å². The topological polar surface area (TPSA) is 116 Å². The van der Waals surface area contributed by atoms with Crippen molar-refractivity contribution in [1.29, 1.82) is 0 Å². The van der Waals surface area contributed by atoms with Crippen LogP contribution in [0.15, 0.2) is 43.1 Å². The maximum Gasteiger partial charge on any atom is 0.490 e. The number of anilines is 2. The van der Waals surface area contributed by atoms with Gasteiger partial charge in [0.25, 0.3) is 5.91 Å². The molecule has 3 aromatic rings. The number of carbonyl (C=O) groups excluding carboxylic acids is 1. The van der Waals surface area contributed by atoms with E-state index in [1.807, 2.05) is 47.9 Å². The number of amides is 1. The third-order valence-corrected chi connectivity index (χ3v) is 4.86. The van der Waals surface area contributed by atoms with Crippen LogP contribution in [0.3, 0.4) is 0 Å². The van der Waals surface area contributed by atoms with Crippen molar-refractivity contribution in [2.24, 2.45) is 0 Å². The lowest BCUT2D eigenvalue weighted by Crippen LogP contribution is -2.38. The molecule has 0 spiro atoms. The minimum Gasteiger partial charge on any atom is -0.475 e. The van der Waals surface area contributed by atoms with Gasteiger partial charge < -0.3 is 24.6 Å². The second-order valence-electron chi connectivity index (χ2n) is 7.42. The van der Waals surface area contributed by atoms with Crippen molar-refractivity contribution >= 4 is 28.9 Å². The summed E-state index contributed by atoms with van der Waals surface area (Å²) in [5.74, 6) is -1.86. The van der Waals surface area contributed by atoms with Crippen LogP contribution in [-0.2, 0) is 4.79 Å². The van der Waals surface area contributed by atoms with Crippen LogP contribution < -0.4 is 15.1 Å². The summed E-state index contributed by atoms with van der Waals surface area (Å²) in [6.07, 6.45) is 4.83. The Morgan fingerprint density at radius 2 is 1.85 bits per heavy atom. The first-order valence-electron chi connectivity index (χ1n) is 9.83. The normalized spacial score (nSPS) is 15.7. The molecule has 1 saturated heterocycles. The first-order chi connectivity index (χ1) is 15.6. The molecule has 2 N–H and O–H groups in total. The van der Waals surface area contributed by atoms with Crippen LogP contribution in [0.1, 0.15) is 17.0 Å². The summed E-state index contributed by atoms with van der Waals surface area (Å²) >= 11 is 0. The van der Waals surface area contributed by atoms with Crippen molar-refractivity contribution in [3.63, 3.8) is 0 Å². The Bertz CT molecular complexity index is 1120. The van der Waals surface area contributed by atoms with Crippen molar-refractivity contribution in [3.05, 3.63) is 48.9 Å². The number of fused-ring (bicyclic) bond motifs is 1. The van der Waals surface area contributed by atoms with Gasteiger partial charge in [-0.05, 0) is 18.6 Å². The SMILES string of the molecule is CN(C)c1cnc(C(=O)N[C@H]2CCN(c3nccn4cccc34)C2)nc1.O=C(O)C(F)(F)F. The Hall–Kier alpha value is -3.90. The molecule has 1 amide bonds. The van der Waals surface area contributed by atoms with Crippen molar-refractivity contribution < 1.29 is 27.9 Å². The molecule has 4 heterocycles. The minimum absolute atomic E-state index is 0.0524.